The Hall–Kier alpha value is -1.55. The van der Waals surface area contributed by atoms with Gasteiger partial charge in [-0.1, -0.05) is 19.1 Å². The van der Waals surface area contributed by atoms with E-state index in [1.165, 1.54) is 5.56 Å². The van der Waals surface area contributed by atoms with Crippen LogP contribution in [0.25, 0.3) is 0 Å². The summed E-state index contributed by atoms with van der Waals surface area (Å²) in [6.07, 6.45) is 3.50. The molecule has 1 aliphatic heterocycles. The van der Waals surface area contributed by atoms with Crippen molar-refractivity contribution in [3.63, 3.8) is 0 Å². The predicted octanol–water partition coefficient (Wildman–Crippen LogP) is 2.81. The third kappa shape index (κ3) is 4.23. The molecule has 1 amide bonds. The summed E-state index contributed by atoms with van der Waals surface area (Å²) in [7, 11) is 1.66. The monoisotopic (exact) mass is 305 g/mol. The van der Waals surface area contributed by atoms with Gasteiger partial charge in [-0.05, 0) is 48.8 Å². The Morgan fingerprint density at radius 2 is 2.14 bits per heavy atom. The van der Waals surface area contributed by atoms with Crippen LogP contribution in [0.4, 0.5) is 0 Å². The molecule has 0 aromatic heterocycles. The molecule has 0 radical (unpaired) electrons. The second-order valence-corrected chi connectivity index (χ2v) is 6.11. The summed E-state index contributed by atoms with van der Waals surface area (Å²) in [4.78, 5) is 14.5. The molecule has 4 heteroatoms. The van der Waals surface area contributed by atoms with Crippen molar-refractivity contribution in [2.24, 2.45) is 5.92 Å². The summed E-state index contributed by atoms with van der Waals surface area (Å²) in [5.41, 5.74) is 1.19. The van der Waals surface area contributed by atoms with E-state index in [9.17, 15) is 9.90 Å². The number of methoxy groups -OCH3 is 1. The summed E-state index contributed by atoms with van der Waals surface area (Å²) in [6, 6.07) is 8.00. The van der Waals surface area contributed by atoms with Crippen LogP contribution in [-0.4, -0.2) is 42.7 Å². The quantitative estimate of drug-likeness (QED) is 0.879. The van der Waals surface area contributed by atoms with Gasteiger partial charge in [-0.25, -0.2) is 0 Å². The van der Waals surface area contributed by atoms with Crippen molar-refractivity contribution in [1.29, 1.82) is 0 Å². The molecule has 0 spiro atoms. The van der Waals surface area contributed by atoms with Crippen LogP contribution in [0, 0.1) is 5.92 Å². The largest absolute Gasteiger partial charge is 0.497 e. The number of rotatable bonds is 6. The molecular weight excluding hydrogens is 278 g/mol. The number of piperidine rings is 1. The normalized spacial score (nSPS) is 19.8. The molecular formula is C18H27NO3. The first-order valence-corrected chi connectivity index (χ1v) is 8.20. The first kappa shape index (κ1) is 16.8. The molecule has 22 heavy (non-hydrogen) atoms. The molecule has 1 aliphatic rings. The molecule has 2 atom stereocenters. The highest BCUT2D eigenvalue weighted by Gasteiger charge is 2.25. The van der Waals surface area contributed by atoms with Crippen molar-refractivity contribution in [3.05, 3.63) is 29.8 Å². The average Bonchev–Trinajstić information content (AvgIpc) is 2.59. The van der Waals surface area contributed by atoms with E-state index in [-0.39, 0.29) is 24.3 Å². The van der Waals surface area contributed by atoms with Gasteiger partial charge >= 0.3 is 0 Å². The molecule has 1 N–H and O–H groups in total. The zero-order valence-electron chi connectivity index (χ0n) is 13.6. The number of benzene rings is 1. The summed E-state index contributed by atoms with van der Waals surface area (Å²) in [6.45, 7) is 3.83. The Bertz CT molecular complexity index is 472. The summed E-state index contributed by atoms with van der Waals surface area (Å²) < 4.78 is 5.18. The fourth-order valence-electron chi connectivity index (χ4n) is 3.15. The van der Waals surface area contributed by atoms with Gasteiger partial charge in [-0.3, -0.25) is 4.79 Å². The van der Waals surface area contributed by atoms with E-state index in [1.54, 1.807) is 7.11 Å². The fraction of sp³-hybridized carbons (Fsp3) is 0.611. The van der Waals surface area contributed by atoms with Crippen LogP contribution in [0.3, 0.4) is 0 Å². The second-order valence-electron chi connectivity index (χ2n) is 6.11. The molecule has 4 nitrogen and oxygen atoms in total. The topological polar surface area (TPSA) is 49.8 Å². The predicted molar refractivity (Wildman–Crippen MR) is 87.0 cm³/mol. The van der Waals surface area contributed by atoms with Crippen molar-refractivity contribution in [2.75, 3.05) is 26.8 Å². The first-order chi connectivity index (χ1) is 10.7. The second kappa shape index (κ2) is 8.18. The minimum atomic E-state index is 0.180. The molecule has 122 valence electrons. The minimum absolute atomic E-state index is 0.180. The van der Waals surface area contributed by atoms with Gasteiger partial charge in [0.15, 0.2) is 0 Å². The molecule has 1 heterocycles. The van der Waals surface area contributed by atoms with Gasteiger partial charge in [-0.2, -0.15) is 0 Å². The maximum absolute atomic E-state index is 12.5. The number of likely N-dealkylation sites (tertiary alicyclic amines) is 1. The molecule has 2 rings (SSSR count). The lowest BCUT2D eigenvalue weighted by molar-refractivity contribution is -0.133. The van der Waals surface area contributed by atoms with Crippen molar-refractivity contribution >= 4 is 5.91 Å². The molecule has 2 unspecified atom stereocenters. The van der Waals surface area contributed by atoms with Crippen molar-refractivity contribution in [1.82, 2.24) is 4.90 Å². The van der Waals surface area contributed by atoms with Crippen LogP contribution in [0.5, 0.6) is 5.75 Å². The van der Waals surface area contributed by atoms with Gasteiger partial charge in [0.2, 0.25) is 5.91 Å². The summed E-state index contributed by atoms with van der Waals surface area (Å²) in [5.74, 6) is 1.54. The number of hydrogen-bond acceptors (Lipinski definition) is 3. The number of aliphatic hydroxyl groups excluding tert-OH is 1. The van der Waals surface area contributed by atoms with E-state index in [2.05, 4.69) is 6.92 Å². The van der Waals surface area contributed by atoms with Gasteiger partial charge < -0.3 is 14.7 Å². The van der Waals surface area contributed by atoms with E-state index in [0.29, 0.717) is 13.0 Å². The summed E-state index contributed by atoms with van der Waals surface area (Å²) >= 11 is 0. The lowest BCUT2D eigenvalue weighted by Crippen LogP contribution is -2.41. The molecule has 1 aromatic carbocycles. The lowest BCUT2D eigenvalue weighted by atomic mass is 9.91. The molecule has 0 aliphatic carbocycles. The van der Waals surface area contributed by atoms with Crippen LogP contribution in [0.2, 0.25) is 0 Å². The molecule has 1 aromatic rings. The Labute approximate surface area is 133 Å². The molecule has 0 saturated carbocycles. The van der Waals surface area contributed by atoms with Gasteiger partial charge in [0, 0.05) is 26.1 Å². The van der Waals surface area contributed by atoms with Crippen LogP contribution in [0.15, 0.2) is 24.3 Å². The van der Waals surface area contributed by atoms with Crippen molar-refractivity contribution in [2.45, 2.75) is 38.5 Å². The third-order valence-corrected chi connectivity index (χ3v) is 4.63. The van der Waals surface area contributed by atoms with Crippen LogP contribution in [0.1, 0.15) is 44.1 Å². The fourth-order valence-corrected chi connectivity index (χ4v) is 3.15. The average molecular weight is 305 g/mol. The van der Waals surface area contributed by atoms with Gasteiger partial charge in [0.05, 0.1) is 7.11 Å². The van der Waals surface area contributed by atoms with Gasteiger partial charge in [0.1, 0.15) is 5.75 Å². The number of carbonyl (C=O) groups excluding carboxylic acids is 1. The van der Waals surface area contributed by atoms with Crippen molar-refractivity contribution < 1.29 is 14.6 Å². The summed E-state index contributed by atoms with van der Waals surface area (Å²) in [5, 5.41) is 9.30. The van der Waals surface area contributed by atoms with Crippen molar-refractivity contribution in [3.8, 4) is 5.75 Å². The number of nitrogens with zero attached hydrogens (tertiary/aromatic N) is 1. The van der Waals surface area contributed by atoms with Crippen LogP contribution in [-0.2, 0) is 4.79 Å². The van der Waals surface area contributed by atoms with Crippen LogP contribution < -0.4 is 4.74 Å². The SMILES string of the molecule is CCC(CC(=O)N1CCCC(CO)C1)c1ccc(OC)cc1. The molecule has 1 fully saturated rings. The Balaban J connectivity index is 1.97. The minimum Gasteiger partial charge on any atom is -0.497 e. The standard InChI is InChI=1S/C18H27NO3/c1-3-15(16-6-8-17(22-2)9-7-16)11-18(21)19-10-4-5-14(12-19)13-20/h6-9,14-15,20H,3-5,10-13H2,1-2H3. The maximum atomic E-state index is 12.5. The first-order valence-electron chi connectivity index (χ1n) is 8.20. The number of aliphatic hydroxyl groups is 1. The Morgan fingerprint density at radius 3 is 2.73 bits per heavy atom. The number of carbonyl (C=O) groups is 1. The zero-order chi connectivity index (χ0) is 15.9. The third-order valence-electron chi connectivity index (χ3n) is 4.63. The molecule has 1 saturated heterocycles. The van der Waals surface area contributed by atoms with Gasteiger partial charge in [0.25, 0.3) is 0 Å². The Morgan fingerprint density at radius 1 is 1.41 bits per heavy atom. The van der Waals surface area contributed by atoms with Crippen LogP contribution >= 0.6 is 0 Å². The number of hydrogen-bond donors (Lipinski definition) is 1. The maximum Gasteiger partial charge on any atom is 0.223 e. The number of ether oxygens (including phenoxy) is 1. The van der Waals surface area contributed by atoms with E-state index < -0.39 is 0 Å². The zero-order valence-corrected chi connectivity index (χ0v) is 13.6. The Kier molecular flexibility index (Phi) is 6.25. The van der Waals surface area contributed by atoms with E-state index in [1.807, 2.05) is 29.2 Å². The number of amides is 1. The van der Waals surface area contributed by atoms with E-state index in [4.69, 9.17) is 4.74 Å². The highest BCUT2D eigenvalue weighted by Crippen LogP contribution is 2.27. The van der Waals surface area contributed by atoms with Gasteiger partial charge in [-0.15, -0.1) is 0 Å². The smallest absolute Gasteiger partial charge is 0.223 e. The molecule has 0 bridgehead atoms. The van der Waals surface area contributed by atoms with E-state index >= 15 is 0 Å². The van der Waals surface area contributed by atoms with E-state index in [0.717, 1.165) is 31.6 Å². The lowest BCUT2D eigenvalue weighted by Gasteiger charge is -2.33. The highest BCUT2D eigenvalue weighted by molar-refractivity contribution is 5.77. The highest BCUT2D eigenvalue weighted by atomic mass is 16.5.